The van der Waals surface area contributed by atoms with E-state index in [9.17, 15) is 0 Å². The molecule has 6 heteroatoms. The van der Waals surface area contributed by atoms with Gasteiger partial charge in [0.15, 0.2) is 5.69 Å². The fraction of sp³-hybridized carbons (Fsp3) is 0. The van der Waals surface area contributed by atoms with Crippen LogP contribution in [0.3, 0.4) is 0 Å². The third-order valence-electron chi connectivity index (χ3n) is 11.6. The highest BCUT2D eigenvalue weighted by atomic mass is 16.3. The van der Waals surface area contributed by atoms with Crippen LogP contribution in [0.15, 0.2) is 192 Å². The summed E-state index contributed by atoms with van der Waals surface area (Å²) in [6.07, 6.45) is 0. The van der Waals surface area contributed by atoms with Crippen LogP contribution < -0.4 is 0 Å². The molecule has 0 bridgehead atoms. The zero-order valence-corrected chi connectivity index (χ0v) is 31.5. The highest BCUT2D eigenvalue weighted by molar-refractivity contribution is 6.13. The maximum absolute atomic E-state index is 7.58. The van der Waals surface area contributed by atoms with Crippen LogP contribution in [0.2, 0.25) is 0 Å². The lowest BCUT2D eigenvalue weighted by Gasteiger charge is -2.12. The minimum atomic E-state index is 0.576. The van der Waals surface area contributed by atoms with E-state index in [1.165, 1.54) is 21.8 Å². The number of aromatic nitrogens is 4. The Morgan fingerprint density at radius 3 is 1.58 bits per heavy atom. The van der Waals surface area contributed by atoms with Crippen LogP contribution in [-0.2, 0) is 0 Å². The number of fused-ring (bicyclic) bond motifs is 9. The molecule has 8 aromatic carbocycles. The third kappa shape index (κ3) is 5.19. The molecule has 274 valence electrons. The zero-order chi connectivity index (χ0) is 39.0. The van der Waals surface area contributed by atoms with Gasteiger partial charge in [0.1, 0.15) is 11.2 Å². The largest absolute Gasteiger partial charge is 0.456 e. The normalized spacial score (nSPS) is 11.7. The maximum atomic E-state index is 7.58. The summed E-state index contributed by atoms with van der Waals surface area (Å²) in [5, 5.41) is 6.55. The first kappa shape index (κ1) is 32.9. The second-order valence-electron chi connectivity index (χ2n) is 14.9. The van der Waals surface area contributed by atoms with Crippen molar-refractivity contribution >= 4 is 71.2 Å². The molecule has 0 N–H and O–H groups in total. The van der Waals surface area contributed by atoms with Crippen molar-refractivity contribution in [1.82, 2.24) is 19.1 Å². The standard InChI is InChI=1S/C53H31N5O/c1-54-37-23-27-52-44(31-37)43-30-36(22-26-51(43)59-52)46-32-45(33-12-4-2-5-13-33)55-53(56-46)58-48-19-11-9-17-40(48)42-29-35(21-25-50(42)58)34-20-24-49-41(28-34)39-16-8-10-18-47(39)57(49)38-14-6-3-7-15-38/h2-32H. The SMILES string of the molecule is [C-]#[N+]c1ccc2oc3ccc(-c4cc(-c5ccccc5)nc(-n5c6ccccc6c6cc(-c7ccc8c(c7)c7ccccc7n8-c7ccccc7)ccc65)n4)cc3c2c1. The predicted molar refractivity (Wildman–Crippen MR) is 241 cm³/mol. The van der Waals surface area contributed by atoms with E-state index >= 15 is 0 Å². The zero-order valence-electron chi connectivity index (χ0n) is 31.5. The van der Waals surface area contributed by atoms with Gasteiger partial charge in [0.2, 0.25) is 5.95 Å². The second kappa shape index (κ2) is 12.9. The summed E-state index contributed by atoms with van der Waals surface area (Å²) >= 11 is 0. The number of hydrogen-bond donors (Lipinski definition) is 0. The van der Waals surface area contributed by atoms with Crippen LogP contribution in [0.1, 0.15) is 0 Å². The Hall–Kier alpha value is -8.27. The van der Waals surface area contributed by atoms with Gasteiger partial charge in [0.05, 0.1) is 40.0 Å². The molecular formula is C53H31N5O. The summed E-state index contributed by atoms with van der Waals surface area (Å²) in [4.78, 5) is 14.2. The molecule has 6 nitrogen and oxygen atoms in total. The molecule has 12 aromatic rings. The molecule has 4 aromatic heterocycles. The van der Waals surface area contributed by atoms with Crippen molar-refractivity contribution in [3.05, 3.63) is 199 Å². The fourth-order valence-electron chi connectivity index (χ4n) is 8.81. The van der Waals surface area contributed by atoms with Gasteiger partial charge in [0, 0.05) is 49.1 Å². The number of para-hydroxylation sites is 3. The Morgan fingerprint density at radius 1 is 0.390 bits per heavy atom. The van der Waals surface area contributed by atoms with E-state index < -0.39 is 0 Å². The third-order valence-corrected chi connectivity index (χ3v) is 11.6. The summed E-state index contributed by atoms with van der Waals surface area (Å²) in [5.74, 6) is 0.586. The van der Waals surface area contributed by atoms with E-state index in [-0.39, 0.29) is 0 Å². The fourth-order valence-corrected chi connectivity index (χ4v) is 8.81. The van der Waals surface area contributed by atoms with Gasteiger partial charge in [0.25, 0.3) is 0 Å². The van der Waals surface area contributed by atoms with Gasteiger partial charge >= 0.3 is 0 Å². The molecule has 0 spiro atoms. The van der Waals surface area contributed by atoms with Gasteiger partial charge in [-0.3, -0.25) is 4.57 Å². The van der Waals surface area contributed by atoms with Crippen molar-refractivity contribution in [2.45, 2.75) is 0 Å². The van der Waals surface area contributed by atoms with E-state index in [1.807, 2.05) is 42.5 Å². The van der Waals surface area contributed by atoms with Gasteiger partial charge < -0.3 is 8.98 Å². The average molecular weight is 754 g/mol. The lowest BCUT2D eigenvalue weighted by atomic mass is 10.0. The molecule has 0 unspecified atom stereocenters. The van der Waals surface area contributed by atoms with E-state index in [0.29, 0.717) is 11.6 Å². The molecule has 4 heterocycles. The summed E-state index contributed by atoms with van der Waals surface area (Å²) in [7, 11) is 0. The van der Waals surface area contributed by atoms with Gasteiger partial charge in [-0.25, -0.2) is 14.8 Å². The summed E-state index contributed by atoms with van der Waals surface area (Å²) < 4.78 is 10.7. The lowest BCUT2D eigenvalue weighted by molar-refractivity contribution is 0.669. The number of rotatable bonds is 5. The number of furan rings is 1. The summed E-state index contributed by atoms with van der Waals surface area (Å²) in [6, 6.07) is 65.3. The Morgan fingerprint density at radius 2 is 0.898 bits per heavy atom. The first-order valence-electron chi connectivity index (χ1n) is 19.6. The molecule has 0 aliphatic rings. The van der Waals surface area contributed by atoms with Crippen molar-refractivity contribution in [2.75, 3.05) is 0 Å². The van der Waals surface area contributed by atoms with Crippen LogP contribution in [0.4, 0.5) is 5.69 Å². The van der Waals surface area contributed by atoms with Crippen molar-refractivity contribution in [3.8, 4) is 45.3 Å². The van der Waals surface area contributed by atoms with Gasteiger partial charge in [-0.05, 0) is 96.1 Å². The minimum absolute atomic E-state index is 0.576. The molecule has 0 radical (unpaired) electrons. The van der Waals surface area contributed by atoms with Gasteiger partial charge in [-0.1, -0.05) is 103 Å². The highest BCUT2D eigenvalue weighted by Gasteiger charge is 2.19. The molecule has 0 atom stereocenters. The molecular weight excluding hydrogens is 723 g/mol. The molecule has 12 rings (SSSR count). The average Bonchev–Trinajstić information content (AvgIpc) is 3.96. The first-order chi connectivity index (χ1) is 29.2. The van der Waals surface area contributed by atoms with E-state index in [4.69, 9.17) is 21.0 Å². The Kier molecular flexibility index (Phi) is 7.19. The summed E-state index contributed by atoms with van der Waals surface area (Å²) in [5.41, 5.74) is 13.5. The molecule has 0 fully saturated rings. The minimum Gasteiger partial charge on any atom is -0.456 e. The van der Waals surface area contributed by atoms with E-state index in [2.05, 4.69) is 154 Å². The smallest absolute Gasteiger partial charge is 0.235 e. The van der Waals surface area contributed by atoms with Crippen molar-refractivity contribution in [2.24, 2.45) is 0 Å². The Balaban J connectivity index is 1.04. The van der Waals surface area contributed by atoms with Crippen LogP contribution in [0, 0.1) is 6.57 Å². The summed E-state index contributed by atoms with van der Waals surface area (Å²) in [6.45, 7) is 7.58. The topological polar surface area (TPSA) is 53.1 Å². The van der Waals surface area contributed by atoms with Crippen LogP contribution >= 0.6 is 0 Å². The number of benzene rings is 8. The maximum Gasteiger partial charge on any atom is 0.235 e. The molecule has 0 aliphatic carbocycles. The molecule has 0 amide bonds. The van der Waals surface area contributed by atoms with Gasteiger partial charge in [-0.15, -0.1) is 0 Å². The molecule has 0 saturated carbocycles. The Labute approximate surface area is 338 Å². The number of nitrogens with zero attached hydrogens (tertiary/aromatic N) is 5. The lowest BCUT2D eigenvalue weighted by Crippen LogP contribution is -2.04. The van der Waals surface area contributed by atoms with Crippen molar-refractivity contribution in [1.29, 1.82) is 0 Å². The highest BCUT2D eigenvalue weighted by Crippen LogP contribution is 2.39. The van der Waals surface area contributed by atoms with Crippen LogP contribution in [-0.4, -0.2) is 19.1 Å². The first-order valence-corrected chi connectivity index (χ1v) is 19.6. The Bertz CT molecular complexity index is 3680. The molecule has 0 saturated heterocycles. The second-order valence-corrected chi connectivity index (χ2v) is 14.9. The number of hydrogen-bond acceptors (Lipinski definition) is 3. The molecule has 59 heavy (non-hydrogen) atoms. The van der Waals surface area contributed by atoms with Crippen LogP contribution in [0.5, 0.6) is 0 Å². The van der Waals surface area contributed by atoms with Crippen molar-refractivity contribution in [3.63, 3.8) is 0 Å². The van der Waals surface area contributed by atoms with Crippen LogP contribution in [0.25, 0.3) is 116 Å². The van der Waals surface area contributed by atoms with Crippen molar-refractivity contribution < 1.29 is 4.42 Å². The van der Waals surface area contributed by atoms with E-state index in [1.54, 1.807) is 6.07 Å². The van der Waals surface area contributed by atoms with Gasteiger partial charge in [-0.2, -0.15) is 0 Å². The predicted octanol–water partition coefficient (Wildman–Crippen LogP) is 14.1. The molecule has 0 aliphatic heterocycles. The quantitative estimate of drug-likeness (QED) is 0.164. The monoisotopic (exact) mass is 753 g/mol. The van der Waals surface area contributed by atoms with E-state index in [0.717, 1.165) is 83.1 Å².